The lowest BCUT2D eigenvalue weighted by atomic mass is 10.1. The Kier molecular flexibility index (Phi) is 3.32. The summed E-state index contributed by atoms with van der Waals surface area (Å²) in [5.74, 6) is -0.179. The van der Waals surface area contributed by atoms with Crippen molar-refractivity contribution in [2.75, 3.05) is 11.2 Å². The van der Waals surface area contributed by atoms with Gasteiger partial charge in [0.2, 0.25) is 5.91 Å². The van der Waals surface area contributed by atoms with Crippen molar-refractivity contribution in [3.63, 3.8) is 0 Å². The number of fused-ring (bicyclic) bond motifs is 1. The van der Waals surface area contributed by atoms with Crippen molar-refractivity contribution in [2.24, 2.45) is 5.92 Å². The van der Waals surface area contributed by atoms with E-state index < -0.39 is 0 Å². The van der Waals surface area contributed by atoms with Crippen LogP contribution < -0.4 is 16.6 Å². The molecule has 0 aliphatic heterocycles. The number of nitrogen functional groups attached to an aromatic ring is 1. The molecule has 0 saturated heterocycles. The van der Waals surface area contributed by atoms with Crippen molar-refractivity contribution in [3.05, 3.63) is 30.5 Å². The number of nitrogens with zero attached hydrogens (tertiary/aromatic N) is 1. The lowest BCUT2D eigenvalue weighted by Crippen LogP contribution is -2.33. The van der Waals surface area contributed by atoms with Gasteiger partial charge >= 0.3 is 0 Å². The van der Waals surface area contributed by atoms with Crippen LogP contribution >= 0.6 is 0 Å². The average Bonchev–Trinajstić information content (AvgIpc) is 2.37. The first-order valence-corrected chi connectivity index (χ1v) is 5.78. The minimum atomic E-state index is -0.0909. The van der Waals surface area contributed by atoms with Crippen molar-refractivity contribution in [2.45, 2.75) is 13.8 Å². The van der Waals surface area contributed by atoms with E-state index in [1.807, 2.05) is 38.1 Å². The third-order valence-corrected chi connectivity index (χ3v) is 2.64. The monoisotopic (exact) mass is 244 g/mol. The number of rotatable bonds is 3. The molecule has 0 bridgehead atoms. The predicted molar refractivity (Wildman–Crippen MR) is 72.8 cm³/mol. The van der Waals surface area contributed by atoms with E-state index in [1.165, 1.54) is 0 Å². The highest BCUT2D eigenvalue weighted by Gasteiger charge is 2.09. The molecule has 0 saturated carbocycles. The number of carbonyl (C=O) groups is 1. The van der Waals surface area contributed by atoms with Crippen LogP contribution in [0.5, 0.6) is 0 Å². The largest absolute Gasteiger partial charge is 0.396 e. The molecule has 0 atom stereocenters. The minimum absolute atomic E-state index is 0.0877. The van der Waals surface area contributed by atoms with Crippen molar-refractivity contribution in [1.82, 2.24) is 10.4 Å². The second-order valence-electron chi connectivity index (χ2n) is 4.37. The number of amides is 1. The maximum Gasteiger partial charge on any atom is 0.240 e. The number of hydrogen-bond donors (Lipinski definition) is 3. The Morgan fingerprint density at radius 3 is 2.78 bits per heavy atom. The van der Waals surface area contributed by atoms with Crippen LogP contribution in [-0.4, -0.2) is 10.9 Å². The summed E-state index contributed by atoms with van der Waals surface area (Å²) in [6.07, 6.45) is 1.58. The molecule has 0 fully saturated rings. The lowest BCUT2D eigenvalue weighted by Gasteiger charge is -2.14. The third kappa shape index (κ3) is 2.34. The number of pyridine rings is 1. The molecule has 18 heavy (non-hydrogen) atoms. The molecule has 1 amide bonds. The van der Waals surface area contributed by atoms with Crippen molar-refractivity contribution in [1.29, 1.82) is 0 Å². The number of nitrogens with two attached hydrogens (primary N) is 1. The van der Waals surface area contributed by atoms with Crippen LogP contribution in [0.2, 0.25) is 0 Å². The van der Waals surface area contributed by atoms with Crippen LogP contribution in [0.3, 0.4) is 0 Å². The fraction of sp³-hybridized carbons (Fsp3) is 0.231. The number of hydrogen-bond acceptors (Lipinski definition) is 4. The first-order chi connectivity index (χ1) is 8.59. The lowest BCUT2D eigenvalue weighted by molar-refractivity contribution is -0.123. The highest BCUT2D eigenvalue weighted by atomic mass is 16.2. The Morgan fingerprint density at radius 2 is 2.06 bits per heavy atom. The Bertz CT molecular complexity index is 580. The summed E-state index contributed by atoms with van der Waals surface area (Å²) in [7, 11) is 0. The van der Waals surface area contributed by atoms with E-state index in [4.69, 9.17) is 5.73 Å². The molecule has 1 heterocycles. The van der Waals surface area contributed by atoms with E-state index in [0.29, 0.717) is 11.4 Å². The summed E-state index contributed by atoms with van der Waals surface area (Å²) in [5.41, 5.74) is 13.4. The maximum absolute atomic E-state index is 11.5. The molecule has 0 radical (unpaired) electrons. The molecular formula is C13H16N4O. The molecule has 0 aliphatic carbocycles. The zero-order chi connectivity index (χ0) is 13.1. The van der Waals surface area contributed by atoms with Crippen LogP contribution in [0.25, 0.3) is 10.9 Å². The molecule has 0 aliphatic rings. The SMILES string of the molecule is CC(C)C(=O)NNc1c(N)cnc2ccccc12. The third-order valence-electron chi connectivity index (χ3n) is 2.64. The second-order valence-corrected chi connectivity index (χ2v) is 4.37. The zero-order valence-electron chi connectivity index (χ0n) is 10.4. The summed E-state index contributed by atoms with van der Waals surface area (Å²) in [4.78, 5) is 15.8. The van der Waals surface area contributed by atoms with Crippen molar-refractivity contribution < 1.29 is 4.79 Å². The summed E-state index contributed by atoms with van der Waals surface area (Å²) in [6, 6.07) is 7.60. The average molecular weight is 244 g/mol. The fourth-order valence-electron chi connectivity index (χ4n) is 1.56. The quantitative estimate of drug-likeness (QED) is 0.720. The van der Waals surface area contributed by atoms with Gasteiger partial charge in [-0.2, -0.15) is 0 Å². The number of carbonyl (C=O) groups excluding carboxylic acids is 1. The first-order valence-electron chi connectivity index (χ1n) is 5.78. The standard InChI is InChI=1S/C13H16N4O/c1-8(2)13(18)17-16-12-9-5-3-4-6-11(9)15-7-10(12)14/h3-8H,14H2,1-2H3,(H,15,16)(H,17,18). The number of para-hydroxylation sites is 1. The van der Waals surface area contributed by atoms with Gasteiger partial charge in [0.15, 0.2) is 0 Å². The molecule has 5 heteroatoms. The van der Waals surface area contributed by atoms with Gasteiger partial charge < -0.3 is 5.73 Å². The molecule has 94 valence electrons. The van der Waals surface area contributed by atoms with Gasteiger partial charge in [0.05, 0.1) is 23.1 Å². The van der Waals surface area contributed by atoms with E-state index in [0.717, 1.165) is 10.9 Å². The van der Waals surface area contributed by atoms with E-state index in [1.54, 1.807) is 6.20 Å². The van der Waals surface area contributed by atoms with E-state index in [2.05, 4.69) is 15.8 Å². The topological polar surface area (TPSA) is 80.0 Å². The fourth-order valence-corrected chi connectivity index (χ4v) is 1.56. The number of nitrogens with one attached hydrogen (secondary N) is 2. The smallest absolute Gasteiger partial charge is 0.240 e. The Labute approximate surface area is 105 Å². The summed E-state index contributed by atoms with van der Waals surface area (Å²) >= 11 is 0. The number of anilines is 2. The Balaban J connectivity index is 2.32. The molecule has 2 rings (SSSR count). The van der Waals surface area contributed by atoms with Gasteiger partial charge in [-0.3, -0.25) is 20.6 Å². The number of hydrazine groups is 1. The molecule has 1 aromatic carbocycles. The maximum atomic E-state index is 11.5. The van der Waals surface area contributed by atoms with E-state index in [9.17, 15) is 4.79 Å². The predicted octanol–water partition coefficient (Wildman–Crippen LogP) is 1.92. The van der Waals surface area contributed by atoms with Gasteiger partial charge in [-0.25, -0.2) is 0 Å². The highest BCUT2D eigenvalue weighted by Crippen LogP contribution is 2.26. The summed E-state index contributed by atoms with van der Waals surface area (Å²) in [5, 5.41) is 0.876. The van der Waals surface area contributed by atoms with Gasteiger partial charge in [-0.1, -0.05) is 32.0 Å². The van der Waals surface area contributed by atoms with Crippen molar-refractivity contribution in [3.8, 4) is 0 Å². The number of aromatic nitrogens is 1. The van der Waals surface area contributed by atoms with Crippen LogP contribution in [0, 0.1) is 5.92 Å². The van der Waals surface area contributed by atoms with Crippen LogP contribution in [0.1, 0.15) is 13.8 Å². The summed E-state index contributed by atoms with van der Waals surface area (Å²) in [6.45, 7) is 3.65. The minimum Gasteiger partial charge on any atom is -0.396 e. The molecule has 0 unspecified atom stereocenters. The molecule has 5 nitrogen and oxygen atoms in total. The van der Waals surface area contributed by atoms with Gasteiger partial charge in [0.25, 0.3) is 0 Å². The van der Waals surface area contributed by atoms with Crippen molar-refractivity contribution >= 4 is 28.2 Å². The molecule has 2 aromatic rings. The zero-order valence-corrected chi connectivity index (χ0v) is 10.4. The van der Waals surface area contributed by atoms with Gasteiger partial charge in [-0.05, 0) is 6.07 Å². The second kappa shape index (κ2) is 4.91. The molecule has 1 aromatic heterocycles. The first kappa shape index (κ1) is 12.2. The van der Waals surface area contributed by atoms with Gasteiger partial charge in [0.1, 0.15) is 0 Å². The molecular weight excluding hydrogens is 228 g/mol. The highest BCUT2D eigenvalue weighted by molar-refractivity contribution is 5.97. The van der Waals surface area contributed by atoms with Gasteiger partial charge in [-0.15, -0.1) is 0 Å². The van der Waals surface area contributed by atoms with Crippen LogP contribution in [0.15, 0.2) is 30.5 Å². The van der Waals surface area contributed by atoms with Crippen LogP contribution in [-0.2, 0) is 4.79 Å². The number of benzene rings is 1. The molecule has 0 spiro atoms. The van der Waals surface area contributed by atoms with Crippen LogP contribution in [0.4, 0.5) is 11.4 Å². The Hall–Kier alpha value is -2.30. The normalized spacial score (nSPS) is 10.6. The van der Waals surface area contributed by atoms with E-state index >= 15 is 0 Å². The Morgan fingerprint density at radius 1 is 1.33 bits per heavy atom. The summed E-state index contributed by atoms with van der Waals surface area (Å²) < 4.78 is 0. The van der Waals surface area contributed by atoms with E-state index in [-0.39, 0.29) is 11.8 Å². The molecule has 4 N–H and O–H groups in total. The van der Waals surface area contributed by atoms with Gasteiger partial charge in [0, 0.05) is 11.3 Å².